The standard InChI is InChI=1S/C15H14O5/c1-20-12-5-4-10-6-9(2-3-11(10)8-12)7-13(14(16)17)15(18)19/h2-6,8,13H,7H2,1H3,(H,16,17)(H,18,19). The molecule has 0 unspecified atom stereocenters. The minimum absolute atomic E-state index is 0.0351. The van der Waals surface area contributed by atoms with Crippen LogP contribution in [0.15, 0.2) is 36.4 Å². The molecule has 2 aromatic rings. The van der Waals surface area contributed by atoms with Gasteiger partial charge in [-0.1, -0.05) is 24.3 Å². The first-order valence-corrected chi connectivity index (χ1v) is 6.03. The number of rotatable bonds is 5. The van der Waals surface area contributed by atoms with Crippen molar-refractivity contribution < 1.29 is 24.5 Å². The maximum absolute atomic E-state index is 10.9. The van der Waals surface area contributed by atoms with E-state index in [0.717, 1.165) is 16.5 Å². The van der Waals surface area contributed by atoms with Crippen molar-refractivity contribution in [2.75, 3.05) is 7.11 Å². The van der Waals surface area contributed by atoms with Crippen molar-refractivity contribution >= 4 is 22.7 Å². The molecule has 5 nitrogen and oxygen atoms in total. The molecule has 0 amide bonds. The Kier molecular flexibility index (Phi) is 3.89. The van der Waals surface area contributed by atoms with Crippen molar-refractivity contribution in [2.45, 2.75) is 6.42 Å². The fourth-order valence-corrected chi connectivity index (χ4v) is 2.04. The van der Waals surface area contributed by atoms with E-state index in [0.29, 0.717) is 5.56 Å². The first kappa shape index (κ1) is 13.9. The molecule has 0 radical (unpaired) electrons. The summed E-state index contributed by atoms with van der Waals surface area (Å²) in [4.78, 5) is 21.8. The van der Waals surface area contributed by atoms with Crippen molar-refractivity contribution in [3.05, 3.63) is 42.0 Å². The number of hydrogen-bond acceptors (Lipinski definition) is 3. The molecule has 104 valence electrons. The molecular formula is C15H14O5. The Morgan fingerprint density at radius 1 is 1.05 bits per heavy atom. The van der Waals surface area contributed by atoms with E-state index in [1.54, 1.807) is 25.3 Å². The lowest BCUT2D eigenvalue weighted by molar-refractivity contribution is -0.154. The second-order valence-corrected chi connectivity index (χ2v) is 4.48. The summed E-state index contributed by atoms with van der Waals surface area (Å²) in [6, 6.07) is 10.9. The van der Waals surface area contributed by atoms with Crippen molar-refractivity contribution in [3.63, 3.8) is 0 Å². The molecule has 0 aliphatic carbocycles. The quantitative estimate of drug-likeness (QED) is 0.816. The summed E-state index contributed by atoms with van der Waals surface area (Å²) in [6.07, 6.45) is -0.0351. The number of methoxy groups -OCH3 is 1. The average molecular weight is 274 g/mol. The van der Waals surface area contributed by atoms with Crippen LogP contribution in [0.1, 0.15) is 5.56 Å². The summed E-state index contributed by atoms with van der Waals surface area (Å²) in [6.45, 7) is 0. The van der Waals surface area contributed by atoms with Crippen LogP contribution in [0.2, 0.25) is 0 Å². The highest BCUT2D eigenvalue weighted by Crippen LogP contribution is 2.23. The van der Waals surface area contributed by atoms with E-state index in [9.17, 15) is 9.59 Å². The van der Waals surface area contributed by atoms with Crippen molar-refractivity contribution in [1.82, 2.24) is 0 Å². The van der Waals surface area contributed by atoms with Crippen LogP contribution in [0, 0.1) is 5.92 Å². The van der Waals surface area contributed by atoms with Crippen molar-refractivity contribution in [1.29, 1.82) is 0 Å². The number of ether oxygens (including phenoxy) is 1. The highest BCUT2D eigenvalue weighted by atomic mass is 16.5. The monoisotopic (exact) mass is 274 g/mol. The van der Waals surface area contributed by atoms with Gasteiger partial charge < -0.3 is 14.9 Å². The summed E-state index contributed by atoms with van der Waals surface area (Å²) in [7, 11) is 1.58. The Bertz CT molecular complexity index is 648. The summed E-state index contributed by atoms with van der Waals surface area (Å²) in [5.74, 6) is -3.34. The van der Waals surface area contributed by atoms with Gasteiger partial charge in [0, 0.05) is 0 Å². The smallest absolute Gasteiger partial charge is 0.318 e. The van der Waals surface area contributed by atoms with Gasteiger partial charge in [-0.25, -0.2) is 0 Å². The molecule has 0 aliphatic rings. The molecule has 0 spiro atoms. The topological polar surface area (TPSA) is 83.8 Å². The number of carbonyl (C=O) groups is 2. The summed E-state index contributed by atoms with van der Waals surface area (Å²) in [5, 5.41) is 19.6. The molecule has 0 bridgehead atoms. The van der Waals surface area contributed by atoms with E-state index in [4.69, 9.17) is 14.9 Å². The van der Waals surface area contributed by atoms with Gasteiger partial charge in [0.05, 0.1) is 7.11 Å². The van der Waals surface area contributed by atoms with E-state index in [1.807, 2.05) is 18.2 Å². The first-order chi connectivity index (χ1) is 9.51. The molecule has 2 aromatic carbocycles. The van der Waals surface area contributed by atoms with E-state index < -0.39 is 17.9 Å². The van der Waals surface area contributed by atoms with E-state index in [1.165, 1.54) is 0 Å². The first-order valence-electron chi connectivity index (χ1n) is 6.03. The molecule has 0 heterocycles. The largest absolute Gasteiger partial charge is 0.497 e. The van der Waals surface area contributed by atoms with Gasteiger partial charge in [0.2, 0.25) is 0 Å². The number of fused-ring (bicyclic) bond motifs is 1. The Hall–Kier alpha value is -2.56. The second kappa shape index (κ2) is 5.61. The highest BCUT2D eigenvalue weighted by molar-refractivity contribution is 5.93. The molecule has 0 fully saturated rings. The van der Waals surface area contributed by atoms with E-state index >= 15 is 0 Å². The number of aliphatic carboxylic acids is 2. The normalized spacial score (nSPS) is 10.7. The minimum Gasteiger partial charge on any atom is -0.497 e. The summed E-state index contributed by atoms with van der Waals surface area (Å²) in [5.41, 5.74) is 0.678. The zero-order chi connectivity index (χ0) is 14.7. The highest BCUT2D eigenvalue weighted by Gasteiger charge is 2.25. The van der Waals surface area contributed by atoms with Crippen molar-refractivity contribution in [2.24, 2.45) is 5.92 Å². The SMILES string of the molecule is COc1ccc2cc(CC(C(=O)O)C(=O)O)ccc2c1. The predicted octanol–water partition coefficient (Wildman–Crippen LogP) is 2.18. The van der Waals surface area contributed by atoms with Gasteiger partial charge in [-0.3, -0.25) is 9.59 Å². The molecule has 5 heteroatoms. The summed E-state index contributed by atoms with van der Waals surface area (Å²) < 4.78 is 5.12. The van der Waals surface area contributed by atoms with E-state index in [-0.39, 0.29) is 6.42 Å². The lowest BCUT2D eigenvalue weighted by Gasteiger charge is -2.09. The fraction of sp³-hybridized carbons (Fsp3) is 0.200. The van der Waals surface area contributed by atoms with Crippen LogP contribution >= 0.6 is 0 Å². The number of benzene rings is 2. The molecule has 0 atom stereocenters. The van der Waals surface area contributed by atoms with Gasteiger partial charge in [-0.05, 0) is 34.9 Å². The van der Waals surface area contributed by atoms with E-state index in [2.05, 4.69) is 0 Å². The van der Waals surface area contributed by atoms with Crippen LogP contribution in [0.5, 0.6) is 5.75 Å². The maximum Gasteiger partial charge on any atom is 0.318 e. The second-order valence-electron chi connectivity index (χ2n) is 4.48. The molecule has 0 aromatic heterocycles. The Balaban J connectivity index is 2.32. The zero-order valence-electron chi connectivity index (χ0n) is 10.9. The third kappa shape index (κ3) is 2.88. The number of carboxylic acids is 2. The van der Waals surface area contributed by atoms with Gasteiger partial charge >= 0.3 is 11.9 Å². The zero-order valence-corrected chi connectivity index (χ0v) is 10.9. The van der Waals surface area contributed by atoms with Gasteiger partial charge in [0.25, 0.3) is 0 Å². The maximum atomic E-state index is 10.9. The van der Waals surface area contributed by atoms with Gasteiger partial charge in [-0.15, -0.1) is 0 Å². The molecule has 0 aliphatic heterocycles. The molecule has 0 saturated carbocycles. The van der Waals surface area contributed by atoms with Crippen LogP contribution in [0.25, 0.3) is 10.8 Å². The lowest BCUT2D eigenvalue weighted by Crippen LogP contribution is -2.25. The third-order valence-corrected chi connectivity index (χ3v) is 3.15. The predicted molar refractivity (Wildman–Crippen MR) is 73.0 cm³/mol. The minimum atomic E-state index is -1.43. The fourth-order valence-electron chi connectivity index (χ4n) is 2.04. The third-order valence-electron chi connectivity index (χ3n) is 3.15. The summed E-state index contributed by atoms with van der Waals surface area (Å²) >= 11 is 0. The Labute approximate surface area is 115 Å². The molecule has 20 heavy (non-hydrogen) atoms. The molecule has 2 rings (SSSR count). The Morgan fingerprint density at radius 2 is 1.65 bits per heavy atom. The van der Waals surface area contributed by atoms with Crippen molar-refractivity contribution in [3.8, 4) is 5.75 Å². The number of carboxylic acid groups (broad SMARTS) is 2. The van der Waals surface area contributed by atoms with Gasteiger partial charge in [-0.2, -0.15) is 0 Å². The van der Waals surface area contributed by atoms with Crippen LogP contribution in [0.4, 0.5) is 0 Å². The molecule has 0 saturated heterocycles. The van der Waals surface area contributed by atoms with Crippen LogP contribution in [-0.4, -0.2) is 29.3 Å². The average Bonchev–Trinajstić information content (AvgIpc) is 2.43. The lowest BCUT2D eigenvalue weighted by atomic mass is 9.97. The molecule has 2 N–H and O–H groups in total. The Morgan fingerprint density at radius 3 is 2.25 bits per heavy atom. The molecular weight excluding hydrogens is 260 g/mol. The van der Waals surface area contributed by atoms with Crippen LogP contribution < -0.4 is 4.74 Å². The van der Waals surface area contributed by atoms with Gasteiger partial charge in [0.1, 0.15) is 5.75 Å². The van der Waals surface area contributed by atoms with Crippen LogP contribution in [-0.2, 0) is 16.0 Å². The van der Waals surface area contributed by atoms with Gasteiger partial charge in [0.15, 0.2) is 5.92 Å². The number of hydrogen-bond donors (Lipinski definition) is 2. The van der Waals surface area contributed by atoms with Crippen LogP contribution in [0.3, 0.4) is 0 Å².